The van der Waals surface area contributed by atoms with Crippen molar-refractivity contribution < 1.29 is 14.4 Å². The maximum atomic E-state index is 12.1. The van der Waals surface area contributed by atoms with Crippen LogP contribution < -0.4 is 16.0 Å². The number of hydrogen-bond acceptors (Lipinski definition) is 4. The van der Waals surface area contributed by atoms with E-state index < -0.39 is 11.9 Å². The van der Waals surface area contributed by atoms with Crippen LogP contribution in [0.25, 0.3) is 0 Å². The second kappa shape index (κ2) is 7.92. The summed E-state index contributed by atoms with van der Waals surface area (Å²) in [5, 5.41) is 7.77. The number of nitrogens with one attached hydrogen (secondary N) is 3. The lowest BCUT2D eigenvalue weighted by molar-refractivity contribution is -0.122. The number of anilines is 1. The summed E-state index contributed by atoms with van der Waals surface area (Å²) in [6.07, 6.45) is 1.92. The van der Waals surface area contributed by atoms with Gasteiger partial charge in [-0.25, -0.2) is 4.79 Å². The molecular weight excluding hydrogens is 308 g/mol. The van der Waals surface area contributed by atoms with E-state index in [1.165, 1.54) is 0 Å². The molecule has 130 valence electrons. The first-order chi connectivity index (χ1) is 11.3. The molecule has 1 aromatic rings. The molecular formula is C17H24N4O3. The van der Waals surface area contributed by atoms with Crippen LogP contribution in [0, 0.1) is 13.8 Å². The number of amides is 4. The van der Waals surface area contributed by atoms with E-state index in [0.717, 1.165) is 29.7 Å². The van der Waals surface area contributed by atoms with Crippen LogP contribution in [0.5, 0.6) is 0 Å². The van der Waals surface area contributed by atoms with E-state index in [0.29, 0.717) is 0 Å². The van der Waals surface area contributed by atoms with Crippen LogP contribution >= 0.6 is 0 Å². The monoisotopic (exact) mass is 332 g/mol. The van der Waals surface area contributed by atoms with E-state index in [9.17, 15) is 14.4 Å². The predicted octanol–water partition coefficient (Wildman–Crippen LogP) is 1.16. The van der Waals surface area contributed by atoms with Crippen molar-refractivity contribution in [2.75, 3.05) is 25.5 Å². The highest BCUT2D eigenvalue weighted by molar-refractivity contribution is 5.96. The van der Waals surface area contributed by atoms with Gasteiger partial charge in [-0.3, -0.25) is 19.8 Å². The average molecular weight is 332 g/mol. The maximum Gasteiger partial charge on any atom is 0.321 e. The van der Waals surface area contributed by atoms with Crippen molar-refractivity contribution in [3.05, 3.63) is 29.3 Å². The zero-order valence-corrected chi connectivity index (χ0v) is 14.3. The normalized spacial score (nSPS) is 13.5. The Hall–Kier alpha value is -2.41. The van der Waals surface area contributed by atoms with Gasteiger partial charge in [0.25, 0.3) is 0 Å². The molecule has 1 aliphatic carbocycles. The third-order valence-electron chi connectivity index (χ3n) is 3.87. The summed E-state index contributed by atoms with van der Waals surface area (Å²) in [5.74, 6) is -0.642. The van der Waals surface area contributed by atoms with Crippen molar-refractivity contribution in [3.63, 3.8) is 0 Å². The molecule has 0 saturated heterocycles. The first kappa shape index (κ1) is 17.9. The number of likely N-dealkylation sites (N-methyl/N-ethyl adjacent to an activating group) is 1. The minimum Gasteiger partial charge on any atom is -0.335 e. The number of imide groups is 1. The zero-order chi connectivity index (χ0) is 17.7. The summed E-state index contributed by atoms with van der Waals surface area (Å²) in [7, 11) is 1.65. The fourth-order valence-corrected chi connectivity index (χ4v) is 2.24. The lowest BCUT2D eigenvalue weighted by Crippen LogP contribution is -2.45. The fourth-order valence-electron chi connectivity index (χ4n) is 2.24. The van der Waals surface area contributed by atoms with Crippen LogP contribution in [-0.4, -0.2) is 48.9 Å². The molecule has 0 atom stereocenters. The first-order valence-electron chi connectivity index (χ1n) is 8.00. The number of nitrogens with zero attached hydrogens (tertiary/aromatic N) is 1. The summed E-state index contributed by atoms with van der Waals surface area (Å²) in [4.78, 5) is 36.9. The molecule has 0 bridgehead atoms. The van der Waals surface area contributed by atoms with Crippen LogP contribution in [0.1, 0.15) is 24.0 Å². The van der Waals surface area contributed by atoms with Gasteiger partial charge in [0.15, 0.2) is 0 Å². The Morgan fingerprint density at radius 2 is 1.79 bits per heavy atom. The van der Waals surface area contributed by atoms with Crippen molar-refractivity contribution in [1.29, 1.82) is 0 Å². The molecule has 1 aromatic carbocycles. The Bertz CT molecular complexity index is 641. The molecule has 3 N–H and O–H groups in total. The summed E-state index contributed by atoms with van der Waals surface area (Å²) < 4.78 is 0. The van der Waals surface area contributed by atoms with Crippen molar-refractivity contribution in [2.45, 2.75) is 32.7 Å². The Morgan fingerprint density at radius 3 is 2.46 bits per heavy atom. The van der Waals surface area contributed by atoms with Crippen LogP contribution in [0.4, 0.5) is 10.5 Å². The molecule has 0 aromatic heterocycles. The van der Waals surface area contributed by atoms with Crippen molar-refractivity contribution in [3.8, 4) is 0 Å². The quantitative estimate of drug-likeness (QED) is 0.729. The van der Waals surface area contributed by atoms with Crippen LogP contribution in [0.2, 0.25) is 0 Å². The van der Waals surface area contributed by atoms with Gasteiger partial charge >= 0.3 is 6.03 Å². The first-order valence-corrected chi connectivity index (χ1v) is 8.00. The molecule has 7 heteroatoms. The second-order valence-corrected chi connectivity index (χ2v) is 6.26. The summed E-state index contributed by atoms with van der Waals surface area (Å²) in [6.45, 7) is 3.96. The number of carbonyl (C=O) groups is 3. The maximum absolute atomic E-state index is 12.1. The predicted molar refractivity (Wildman–Crippen MR) is 91.7 cm³/mol. The number of benzene rings is 1. The van der Waals surface area contributed by atoms with E-state index in [2.05, 4.69) is 16.0 Å². The van der Waals surface area contributed by atoms with E-state index in [1.807, 2.05) is 32.0 Å². The standard InChI is InChI=1S/C17H24N4O3/c1-11-5-4-6-14(12(11)2)19-15(22)9-21(3)10-16(23)20-17(24)18-13-7-8-13/h4-6,13H,7-10H2,1-3H3,(H,19,22)(H2,18,20,23,24). The van der Waals surface area contributed by atoms with Gasteiger partial charge in [-0.1, -0.05) is 12.1 Å². The van der Waals surface area contributed by atoms with Gasteiger partial charge in [-0.15, -0.1) is 0 Å². The van der Waals surface area contributed by atoms with Gasteiger partial charge in [0, 0.05) is 11.7 Å². The van der Waals surface area contributed by atoms with Gasteiger partial charge in [-0.05, 0) is 50.9 Å². The fraction of sp³-hybridized carbons (Fsp3) is 0.471. The van der Waals surface area contributed by atoms with E-state index in [1.54, 1.807) is 11.9 Å². The molecule has 24 heavy (non-hydrogen) atoms. The number of rotatable bonds is 6. The van der Waals surface area contributed by atoms with Crippen molar-refractivity contribution >= 4 is 23.5 Å². The highest BCUT2D eigenvalue weighted by atomic mass is 16.2. The SMILES string of the molecule is Cc1cccc(NC(=O)CN(C)CC(=O)NC(=O)NC2CC2)c1C. The molecule has 0 heterocycles. The third-order valence-corrected chi connectivity index (χ3v) is 3.87. The van der Waals surface area contributed by atoms with E-state index in [4.69, 9.17) is 0 Å². The summed E-state index contributed by atoms with van der Waals surface area (Å²) >= 11 is 0. The third kappa shape index (κ3) is 5.66. The highest BCUT2D eigenvalue weighted by Gasteiger charge is 2.24. The number of carbonyl (C=O) groups excluding carboxylic acids is 3. The molecule has 1 fully saturated rings. The zero-order valence-electron chi connectivity index (χ0n) is 14.3. The van der Waals surface area contributed by atoms with Crippen LogP contribution in [0.3, 0.4) is 0 Å². The van der Waals surface area contributed by atoms with Crippen molar-refractivity contribution in [1.82, 2.24) is 15.5 Å². The number of hydrogen-bond donors (Lipinski definition) is 3. The Balaban J connectivity index is 1.75. The van der Waals surface area contributed by atoms with Gasteiger partial charge < -0.3 is 10.6 Å². The minimum absolute atomic E-state index is 0.0295. The molecule has 1 aliphatic rings. The van der Waals surface area contributed by atoms with Gasteiger partial charge in [0.05, 0.1) is 13.1 Å². The molecule has 0 spiro atoms. The summed E-state index contributed by atoms with van der Waals surface area (Å²) in [5.41, 5.74) is 2.88. The van der Waals surface area contributed by atoms with Crippen molar-refractivity contribution in [2.24, 2.45) is 0 Å². The Kier molecular flexibility index (Phi) is 5.92. The lowest BCUT2D eigenvalue weighted by atomic mass is 10.1. The Labute approximate surface area is 141 Å². The average Bonchev–Trinajstić information content (AvgIpc) is 3.27. The summed E-state index contributed by atoms with van der Waals surface area (Å²) in [6, 6.07) is 5.42. The smallest absolute Gasteiger partial charge is 0.321 e. The van der Waals surface area contributed by atoms with Crippen LogP contribution in [0.15, 0.2) is 18.2 Å². The Morgan fingerprint density at radius 1 is 1.12 bits per heavy atom. The molecule has 0 unspecified atom stereocenters. The molecule has 0 aliphatic heterocycles. The highest BCUT2D eigenvalue weighted by Crippen LogP contribution is 2.18. The second-order valence-electron chi connectivity index (χ2n) is 6.26. The largest absolute Gasteiger partial charge is 0.335 e. The number of aryl methyl sites for hydroxylation is 1. The van der Waals surface area contributed by atoms with E-state index >= 15 is 0 Å². The van der Waals surface area contributed by atoms with E-state index in [-0.39, 0.29) is 25.0 Å². The van der Waals surface area contributed by atoms with Gasteiger partial charge in [-0.2, -0.15) is 0 Å². The van der Waals surface area contributed by atoms with Gasteiger partial charge in [0.1, 0.15) is 0 Å². The molecule has 2 rings (SSSR count). The number of urea groups is 1. The molecule has 7 nitrogen and oxygen atoms in total. The van der Waals surface area contributed by atoms with Crippen LogP contribution in [-0.2, 0) is 9.59 Å². The van der Waals surface area contributed by atoms with Gasteiger partial charge in [0.2, 0.25) is 11.8 Å². The minimum atomic E-state index is -0.476. The molecule has 4 amide bonds. The molecule has 0 radical (unpaired) electrons. The molecule has 1 saturated carbocycles. The topological polar surface area (TPSA) is 90.5 Å². The lowest BCUT2D eigenvalue weighted by Gasteiger charge is -2.17.